The highest BCUT2D eigenvalue weighted by Crippen LogP contribution is 2.44. The number of pyridine rings is 4. The third-order valence-corrected chi connectivity index (χ3v) is 26.4. The van der Waals surface area contributed by atoms with Gasteiger partial charge in [-0.2, -0.15) is 0 Å². The number of nitrogens with zero attached hydrogens (tertiary/aromatic N) is 12. The number of carbonyl (C=O) groups excluding carboxylic acids is 16. The third-order valence-electron chi connectivity index (χ3n) is 26.4. The van der Waals surface area contributed by atoms with Gasteiger partial charge in [0.2, 0.25) is 0 Å². The molecule has 0 unspecified atom stereocenters. The van der Waals surface area contributed by atoms with Gasteiger partial charge in [-0.3, -0.25) is 77.7 Å². The van der Waals surface area contributed by atoms with E-state index in [1.54, 1.807) is 172 Å². The van der Waals surface area contributed by atoms with Crippen molar-refractivity contribution in [1.29, 1.82) is 0 Å². The Morgan fingerprint density at radius 3 is 1.03 bits per heavy atom. The Hall–Kier alpha value is -18.2. The number of amides is 16. The summed E-state index contributed by atoms with van der Waals surface area (Å²) < 4.78 is 90.6. The number of rotatable bonds is 28. The molecule has 10 aliphatic heterocycles. The molecule has 0 radical (unpaired) electrons. The molecule has 22 rings (SSSR count). The lowest BCUT2D eigenvalue weighted by atomic mass is 9.94. The molecule has 4 N–H and O–H groups in total. The standard InChI is InChI=1S/C27H26N4O9.C26H24N4O10.2C24H22N4O7/c1-36-19-3-2-16-13-30(23(32)20(16)11-19)14-27(22-10-17-12-28-7-4-21(17)40-22)24(33)31(25(34)29-27)15-38-26(35)39-18-5-8-37-9-6-18;1-35-17-3-2-15-9-29(22(31)19(15)7-17)12-26(21-6-16-8-27-5-4-20(16)40-21)23(32)30(24(33)28-26)13-38-25(34)39-18-10-36-14-37-11-18;1-3-34-20(29)12-28-22(31)24(26-23(28)32,19-8-15-10-25-7-6-18(15)35-19)13-27-11-14-4-5-16(33-2)9-17(14)21(27)30;1-3-34-20(29)12-28-22(31)24(26-23(28)32,19-10-17-18(35-19)5-4-8-25-17)13-27-11-14-6-7-15(33-2)9-16(14)21(27)30/h2-4,7,10-12,18H,5-6,8-9,13-15H2,1H3,(H,29,34);2-8,18H,9-14H2,1H3,(H,28,33);2*4-10H,3,11-13H2,1-2H3,(H,26,32)/t27-;26-;2*24-/m0000/s1. The summed E-state index contributed by atoms with van der Waals surface area (Å²) in [6.45, 7) is 2.14. The zero-order valence-electron chi connectivity index (χ0n) is 81.0. The van der Waals surface area contributed by atoms with Crippen molar-refractivity contribution in [3.8, 4) is 23.0 Å². The van der Waals surface area contributed by atoms with Crippen LogP contribution in [0.4, 0.5) is 28.8 Å². The molecule has 8 aromatic heterocycles. The molecule has 0 aliphatic carbocycles. The van der Waals surface area contributed by atoms with E-state index >= 15 is 0 Å². The van der Waals surface area contributed by atoms with Crippen molar-refractivity contribution >= 4 is 140 Å². The summed E-state index contributed by atoms with van der Waals surface area (Å²) in [5.41, 5.74) is -0.0787. The Labute approximate surface area is 848 Å². The van der Waals surface area contributed by atoms with E-state index in [1.165, 1.54) is 60.4 Å². The lowest BCUT2D eigenvalue weighted by Gasteiger charge is -2.29. The number of ether oxygens (including phenoxy) is 13. The van der Waals surface area contributed by atoms with E-state index in [1.807, 2.05) is 0 Å². The van der Waals surface area contributed by atoms with Crippen LogP contribution in [0, 0.1) is 0 Å². The fourth-order valence-electron chi connectivity index (χ4n) is 18.9. The van der Waals surface area contributed by atoms with Gasteiger partial charge in [0, 0.05) is 127 Å². The Bertz CT molecular complexity index is 6890. The Kier molecular flexibility index (Phi) is 28.0. The molecule has 10 aliphatic rings. The summed E-state index contributed by atoms with van der Waals surface area (Å²) in [7, 11) is 6.02. The molecule has 150 heavy (non-hydrogen) atoms. The minimum absolute atomic E-state index is 0.0927. The fourth-order valence-corrected chi connectivity index (χ4v) is 18.9. The average molecular weight is 2060 g/mol. The second kappa shape index (κ2) is 41.8. The summed E-state index contributed by atoms with van der Waals surface area (Å²) in [5.74, 6) is -3.18. The van der Waals surface area contributed by atoms with E-state index in [2.05, 4.69) is 41.2 Å². The maximum atomic E-state index is 13.9. The van der Waals surface area contributed by atoms with Crippen molar-refractivity contribution in [3.05, 3.63) is 238 Å². The number of methoxy groups -OCH3 is 4. The van der Waals surface area contributed by atoms with Crippen LogP contribution in [0.2, 0.25) is 0 Å². The van der Waals surface area contributed by atoms with Crippen LogP contribution in [0.25, 0.3) is 44.0 Å². The van der Waals surface area contributed by atoms with E-state index < -0.39 is 127 Å². The molecule has 49 nitrogen and oxygen atoms in total. The maximum absolute atomic E-state index is 13.9. The summed E-state index contributed by atoms with van der Waals surface area (Å²) in [5, 5.41) is 12.6. The molecular weight excluding hydrogens is 1970 g/mol. The molecule has 16 amide bonds. The summed E-state index contributed by atoms with van der Waals surface area (Å²) >= 11 is 0. The Morgan fingerprint density at radius 1 is 0.373 bits per heavy atom. The molecule has 0 saturated carbocycles. The topological polar surface area (TPSA) is 571 Å². The van der Waals surface area contributed by atoms with Gasteiger partial charge in [0.25, 0.3) is 47.3 Å². The molecule has 0 spiro atoms. The van der Waals surface area contributed by atoms with Crippen molar-refractivity contribution in [2.24, 2.45) is 0 Å². The smallest absolute Gasteiger partial charge is 0.497 e. The predicted molar refractivity (Wildman–Crippen MR) is 507 cm³/mol. The summed E-state index contributed by atoms with van der Waals surface area (Å²) in [6.07, 6.45) is 8.76. The van der Waals surface area contributed by atoms with Crippen molar-refractivity contribution in [3.63, 3.8) is 0 Å². The molecule has 6 fully saturated rings. The summed E-state index contributed by atoms with van der Waals surface area (Å²) in [4.78, 5) is 234. The SMILES string of the molecule is CCOC(=O)CN1C(=O)N[C@@](CN2Cc3ccc(OC)cc3C2=O)(c2cc3cnccc3o2)C1=O.CCOC(=O)CN1C(=O)N[C@@](CN2Cc3ccc(OC)cc3C2=O)(c2cc3ncccc3o2)C1=O.COc1ccc2c(c1)C(=O)N(C[C@@]1(c3cc4cnccc4o3)NC(=O)N(COC(=O)OC3CCOCC3)C1=O)C2.COc1ccc2c(c1)C(=O)N(C[C@@]1(c3cc4cnccc4o3)NC(=O)N(COC(=O)OC3COCOC3)C1=O)C2. The number of hydrogen-bond donors (Lipinski definition) is 4. The van der Waals surface area contributed by atoms with E-state index in [4.69, 9.17) is 79.2 Å². The van der Waals surface area contributed by atoms with Crippen LogP contribution in [0.5, 0.6) is 23.0 Å². The van der Waals surface area contributed by atoms with Gasteiger partial charge in [-0.1, -0.05) is 24.3 Å². The van der Waals surface area contributed by atoms with Crippen molar-refractivity contribution < 1.29 is 156 Å². The third kappa shape index (κ3) is 19.3. The van der Waals surface area contributed by atoms with Gasteiger partial charge < -0.3 is 120 Å². The first-order chi connectivity index (χ1) is 72.5. The molecular formula is C101H94N16O33. The molecule has 4 atom stereocenters. The van der Waals surface area contributed by atoms with Crippen molar-refractivity contribution in [1.82, 2.24) is 80.4 Å². The number of carbonyl (C=O) groups is 16. The zero-order valence-corrected chi connectivity index (χ0v) is 81.0. The zero-order chi connectivity index (χ0) is 105. The Balaban J connectivity index is 0.000000126. The monoisotopic (exact) mass is 2060 g/mol. The number of aromatic nitrogens is 4. The molecule has 49 heteroatoms. The van der Waals surface area contributed by atoms with Crippen molar-refractivity contribution in [2.75, 3.05) is 128 Å². The van der Waals surface area contributed by atoms with Crippen molar-refractivity contribution in [2.45, 2.75) is 87.2 Å². The van der Waals surface area contributed by atoms with Gasteiger partial charge in [-0.25, -0.2) is 38.6 Å². The van der Waals surface area contributed by atoms with E-state index in [0.717, 1.165) is 41.9 Å². The highest BCUT2D eigenvalue weighted by atomic mass is 16.8. The minimum Gasteiger partial charge on any atom is -0.497 e. The molecule has 4 aromatic carbocycles. The van der Waals surface area contributed by atoms with Gasteiger partial charge in [-0.05, 0) is 133 Å². The van der Waals surface area contributed by atoms with E-state index in [0.29, 0.717) is 115 Å². The molecule has 776 valence electrons. The van der Waals surface area contributed by atoms with E-state index in [9.17, 15) is 76.7 Å². The van der Waals surface area contributed by atoms with E-state index in [-0.39, 0.29) is 138 Å². The van der Waals surface area contributed by atoms with Gasteiger partial charge in [-0.15, -0.1) is 0 Å². The largest absolute Gasteiger partial charge is 0.510 e. The van der Waals surface area contributed by atoms with Crippen LogP contribution >= 0.6 is 0 Å². The molecule has 0 bridgehead atoms. The number of benzene rings is 4. The molecule has 18 heterocycles. The van der Waals surface area contributed by atoms with Gasteiger partial charge in [0.05, 0.1) is 94.3 Å². The number of nitrogens with one attached hydrogen (secondary N) is 4. The number of imide groups is 4. The lowest BCUT2D eigenvalue weighted by molar-refractivity contribution is -0.159. The normalized spacial score (nSPS) is 20.3. The predicted octanol–water partition coefficient (Wildman–Crippen LogP) is 7.86. The number of fused-ring (bicyclic) bond motifs is 8. The number of esters is 2. The number of furan rings is 4. The first-order valence-electron chi connectivity index (χ1n) is 47.0. The van der Waals surface area contributed by atoms with Gasteiger partial charge >= 0.3 is 48.4 Å². The fraction of sp³-hybridized carbons (Fsp3) is 0.327. The first-order valence-corrected chi connectivity index (χ1v) is 47.0. The van der Waals surface area contributed by atoms with Crippen LogP contribution in [-0.4, -0.2) is 295 Å². The minimum atomic E-state index is -1.81. The summed E-state index contributed by atoms with van der Waals surface area (Å²) in [6, 6.07) is 32.0. The number of urea groups is 4. The molecule has 12 aromatic rings. The van der Waals surface area contributed by atoms with Crippen LogP contribution in [0.1, 0.15) is 113 Å². The van der Waals surface area contributed by atoms with Crippen LogP contribution < -0.4 is 40.2 Å². The second-order valence-corrected chi connectivity index (χ2v) is 35.6. The van der Waals surface area contributed by atoms with Crippen LogP contribution in [-0.2, 0) is 120 Å². The van der Waals surface area contributed by atoms with Gasteiger partial charge in [0.15, 0.2) is 47.3 Å². The highest BCUT2D eigenvalue weighted by molar-refractivity contribution is 6.13. The van der Waals surface area contributed by atoms with Crippen LogP contribution in [0.15, 0.2) is 188 Å². The lowest BCUT2D eigenvalue weighted by Crippen LogP contribution is -2.52. The molecule has 6 saturated heterocycles. The Morgan fingerprint density at radius 2 is 0.700 bits per heavy atom. The van der Waals surface area contributed by atoms with Gasteiger partial charge in [0.1, 0.15) is 94.3 Å². The quantitative estimate of drug-likeness (QED) is 0.0206. The van der Waals surface area contributed by atoms with Crippen LogP contribution in [0.3, 0.4) is 0 Å². The first kappa shape index (κ1) is 101. The average Bonchev–Trinajstić information content (AvgIpc) is 1.59. The second-order valence-electron chi connectivity index (χ2n) is 35.6. The maximum Gasteiger partial charge on any atom is 0.510 e. The number of hydrogen-bond acceptors (Lipinski definition) is 37. The highest BCUT2D eigenvalue weighted by Gasteiger charge is 2.62.